The molecule has 1 N–H and O–H groups in total. The average molecular weight is 518 g/mol. The monoisotopic (exact) mass is 517 g/mol. The zero-order valence-electron chi connectivity index (χ0n) is 22.0. The molecule has 0 unspecified atom stereocenters. The largest absolute Gasteiger partial charge is 0.349 e. The molecule has 4 heterocycles. The fourth-order valence-corrected chi connectivity index (χ4v) is 7.40. The van der Waals surface area contributed by atoms with E-state index in [0.717, 1.165) is 67.2 Å². The molecule has 1 amide bonds. The first-order valence-electron chi connectivity index (χ1n) is 14.2. The molecule has 2 fully saturated rings. The molecule has 37 heavy (non-hydrogen) atoms. The third kappa shape index (κ3) is 5.68. The Bertz CT molecular complexity index is 1220. The second kappa shape index (κ2) is 11.1. The summed E-state index contributed by atoms with van der Waals surface area (Å²) in [6.45, 7) is 8.05. The van der Waals surface area contributed by atoms with Gasteiger partial charge in [0.25, 0.3) is 5.91 Å². The van der Waals surface area contributed by atoms with Gasteiger partial charge in [0.15, 0.2) is 5.13 Å². The van der Waals surface area contributed by atoms with Crippen LogP contribution >= 0.6 is 11.3 Å². The zero-order chi connectivity index (χ0) is 25.2. The Morgan fingerprint density at radius 3 is 2.73 bits per heavy atom. The minimum Gasteiger partial charge on any atom is -0.349 e. The molecule has 0 spiro atoms. The van der Waals surface area contributed by atoms with Crippen molar-refractivity contribution in [2.45, 2.75) is 70.9 Å². The second-order valence-electron chi connectivity index (χ2n) is 11.4. The lowest BCUT2D eigenvalue weighted by molar-refractivity contribution is 0.0921. The van der Waals surface area contributed by atoms with Crippen molar-refractivity contribution >= 4 is 33.3 Å². The summed E-state index contributed by atoms with van der Waals surface area (Å²) in [5.74, 6) is 1.65. The van der Waals surface area contributed by atoms with Crippen molar-refractivity contribution in [1.82, 2.24) is 20.2 Å². The SMILES string of the molecule is CC1CCN(c2nc3c(s2)CCN(CC[C@H]2CC[C@H](NC(=O)c4cccc5ncccc45)CC2)C3)CC1. The number of thiazole rings is 1. The average Bonchev–Trinajstić information content (AvgIpc) is 3.36. The number of aromatic nitrogens is 2. The van der Waals surface area contributed by atoms with Gasteiger partial charge in [-0.1, -0.05) is 19.1 Å². The molecule has 0 bridgehead atoms. The lowest BCUT2D eigenvalue weighted by Crippen LogP contribution is -2.38. The molecule has 3 aliphatic rings. The summed E-state index contributed by atoms with van der Waals surface area (Å²) in [7, 11) is 0. The van der Waals surface area contributed by atoms with Crippen molar-refractivity contribution < 1.29 is 4.79 Å². The number of carbonyl (C=O) groups is 1. The van der Waals surface area contributed by atoms with Gasteiger partial charge in [-0.2, -0.15) is 0 Å². The predicted molar refractivity (Wildman–Crippen MR) is 151 cm³/mol. The zero-order valence-corrected chi connectivity index (χ0v) is 22.8. The summed E-state index contributed by atoms with van der Waals surface area (Å²) in [5.41, 5.74) is 2.94. The van der Waals surface area contributed by atoms with E-state index in [-0.39, 0.29) is 11.9 Å². The topological polar surface area (TPSA) is 61.4 Å². The Morgan fingerprint density at radius 1 is 1.05 bits per heavy atom. The van der Waals surface area contributed by atoms with Gasteiger partial charge in [0.1, 0.15) is 0 Å². The molecule has 2 aromatic heterocycles. The molecule has 6 rings (SSSR count). The highest BCUT2D eigenvalue weighted by Gasteiger charge is 2.27. The lowest BCUT2D eigenvalue weighted by atomic mass is 9.84. The Hall–Kier alpha value is -2.51. The van der Waals surface area contributed by atoms with E-state index in [9.17, 15) is 4.79 Å². The predicted octanol–water partition coefficient (Wildman–Crippen LogP) is 5.66. The van der Waals surface area contributed by atoms with Gasteiger partial charge >= 0.3 is 0 Å². The van der Waals surface area contributed by atoms with Crippen LogP contribution in [0.3, 0.4) is 0 Å². The van der Waals surface area contributed by atoms with Crippen molar-refractivity contribution in [2.75, 3.05) is 31.1 Å². The highest BCUT2D eigenvalue weighted by molar-refractivity contribution is 7.15. The van der Waals surface area contributed by atoms with Crippen molar-refractivity contribution in [3.63, 3.8) is 0 Å². The van der Waals surface area contributed by atoms with E-state index >= 15 is 0 Å². The molecular formula is C30H39N5OS. The number of pyridine rings is 1. The maximum atomic E-state index is 13.0. The van der Waals surface area contributed by atoms with Crippen LogP contribution in [0.25, 0.3) is 10.9 Å². The van der Waals surface area contributed by atoms with E-state index < -0.39 is 0 Å². The summed E-state index contributed by atoms with van der Waals surface area (Å²) in [6, 6.07) is 9.95. The van der Waals surface area contributed by atoms with Crippen LogP contribution in [-0.4, -0.2) is 53.0 Å². The molecule has 1 saturated carbocycles. The number of amides is 1. The number of carbonyl (C=O) groups excluding carboxylic acids is 1. The van der Waals surface area contributed by atoms with Gasteiger partial charge in [-0.05, 0) is 87.9 Å². The van der Waals surface area contributed by atoms with E-state index in [1.807, 2.05) is 41.7 Å². The number of hydrogen-bond donors (Lipinski definition) is 1. The Labute approximate surface area is 224 Å². The number of rotatable bonds is 6. The quantitative estimate of drug-likeness (QED) is 0.457. The Kier molecular flexibility index (Phi) is 7.43. The van der Waals surface area contributed by atoms with Crippen LogP contribution in [0.5, 0.6) is 0 Å². The van der Waals surface area contributed by atoms with Gasteiger partial charge < -0.3 is 10.2 Å². The number of nitrogens with one attached hydrogen (secondary N) is 1. The van der Waals surface area contributed by atoms with E-state index in [4.69, 9.17) is 4.98 Å². The smallest absolute Gasteiger partial charge is 0.252 e. The molecular weight excluding hydrogens is 478 g/mol. The Morgan fingerprint density at radius 2 is 1.89 bits per heavy atom. The Balaban J connectivity index is 0.958. The van der Waals surface area contributed by atoms with E-state index in [0.29, 0.717) is 0 Å². The van der Waals surface area contributed by atoms with Crippen LogP contribution < -0.4 is 10.2 Å². The first kappa shape index (κ1) is 24.8. The van der Waals surface area contributed by atoms with E-state index in [1.165, 1.54) is 60.9 Å². The first-order valence-corrected chi connectivity index (χ1v) is 15.0. The fraction of sp³-hybridized carbons (Fsp3) is 0.567. The van der Waals surface area contributed by atoms with Crippen molar-refractivity contribution in [3.05, 3.63) is 52.7 Å². The molecule has 3 aromatic rings. The van der Waals surface area contributed by atoms with Crippen molar-refractivity contribution in [1.29, 1.82) is 0 Å². The minimum atomic E-state index is 0.0351. The molecule has 1 aliphatic carbocycles. The fourth-order valence-electron chi connectivity index (χ4n) is 6.29. The summed E-state index contributed by atoms with van der Waals surface area (Å²) in [6.07, 6.45) is 11.3. The minimum absolute atomic E-state index is 0.0351. The third-order valence-corrected chi connectivity index (χ3v) is 9.99. The molecule has 0 atom stereocenters. The third-order valence-electron chi connectivity index (χ3n) is 8.78. The van der Waals surface area contributed by atoms with Crippen molar-refractivity contribution in [2.24, 2.45) is 11.8 Å². The number of hydrogen-bond acceptors (Lipinski definition) is 6. The molecule has 0 radical (unpaired) electrons. The normalized spacial score (nSPS) is 23.2. The van der Waals surface area contributed by atoms with Crippen LogP contribution in [0, 0.1) is 11.8 Å². The standard InChI is InChI=1S/C30H39N5OS/c1-21-11-18-35(19-12-21)30-33-27-20-34(17-14-28(27)37-30)16-13-22-7-9-23(10-8-22)32-29(36)25-4-2-6-26-24(25)5-3-15-31-26/h2-6,15,21-23H,7-14,16-20H2,1H3,(H,32,36)/t22-,23-. The number of piperidine rings is 1. The molecule has 196 valence electrons. The van der Waals surface area contributed by atoms with Crippen LogP contribution in [-0.2, 0) is 13.0 Å². The lowest BCUT2D eigenvalue weighted by Gasteiger charge is -2.32. The van der Waals surface area contributed by atoms with Crippen LogP contribution in [0.4, 0.5) is 5.13 Å². The number of nitrogens with zero attached hydrogens (tertiary/aromatic N) is 4. The molecule has 1 saturated heterocycles. The van der Waals surface area contributed by atoms with Gasteiger partial charge in [-0.25, -0.2) is 4.98 Å². The molecule has 2 aliphatic heterocycles. The molecule has 6 nitrogen and oxygen atoms in total. The highest BCUT2D eigenvalue weighted by Crippen LogP contribution is 2.34. The van der Waals surface area contributed by atoms with Crippen LogP contribution in [0.15, 0.2) is 36.5 Å². The maximum Gasteiger partial charge on any atom is 0.252 e. The van der Waals surface area contributed by atoms with Crippen molar-refractivity contribution in [3.8, 4) is 0 Å². The molecule has 7 heteroatoms. The van der Waals surface area contributed by atoms with Gasteiger partial charge in [-0.3, -0.25) is 14.7 Å². The summed E-state index contributed by atoms with van der Waals surface area (Å²) >= 11 is 1.95. The van der Waals surface area contributed by atoms with Crippen LogP contribution in [0.1, 0.15) is 72.8 Å². The van der Waals surface area contributed by atoms with Gasteiger partial charge in [0.05, 0.1) is 11.2 Å². The number of anilines is 1. The highest BCUT2D eigenvalue weighted by atomic mass is 32.1. The van der Waals surface area contributed by atoms with Gasteiger partial charge in [0, 0.05) is 54.2 Å². The number of benzene rings is 1. The number of fused-ring (bicyclic) bond motifs is 2. The van der Waals surface area contributed by atoms with E-state index in [1.54, 1.807) is 6.20 Å². The van der Waals surface area contributed by atoms with Gasteiger partial charge in [0.2, 0.25) is 0 Å². The van der Waals surface area contributed by atoms with Gasteiger partial charge in [-0.15, -0.1) is 11.3 Å². The molecule has 1 aromatic carbocycles. The summed E-state index contributed by atoms with van der Waals surface area (Å²) in [4.78, 5) is 29.1. The van der Waals surface area contributed by atoms with E-state index in [2.05, 4.69) is 27.0 Å². The maximum absolute atomic E-state index is 13.0. The second-order valence-corrected chi connectivity index (χ2v) is 12.5. The van der Waals surface area contributed by atoms with Crippen LogP contribution in [0.2, 0.25) is 0 Å². The first-order chi connectivity index (χ1) is 18.1. The summed E-state index contributed by atoms with van der Waals surface area (Å²) < 4.78 is 0. The summed E-state index contributed by atoms with van der Waals surface area (Å²) in [5, 5.41) is 5.50.